The van der Waals surface area contributed by atoms with Crippen LogP contribution in [0.3, 0.4) is 0 Å². The number of urea groups is 1. The van der Waals surface area contributed by atoms with Crippen LogP contribution in [0, 0.1) is 5.41 Å². The van der Waals surface area contributed by atoms with E-state index in [0.717, 1.165) is 0 Å². The lowest BCUT2D eigenvalue weighted by Crippen LogP contribution is -2.44. The van der Waals surface area contributed by atoms with Gasteiger partial charge in [0, 0.05) is 20.1 Å². The molecule has 16 heavy (non-hydrogen) atoms. The topological polar surface area (TPSA) is 69.6 Å². The molecule has 94 valence electrons. The van der Waals surface area contributed by atoms with Crippen molar-refractivity contribution in [3.8, 4) is 0 Å². The van der Waals surface area contributed by atoms with Gasteiger partial charge in [0.15, 0.2) is 0 Å². The zero-order chi connectivity index (χ0) is 12.9. The first-order chi connectivity index (χ1) is 7.11. The van der Waals surface area contributed by atoms with Gasteiger partial charge in [0.25, 0.3) is 0 Å². The number of rotatable bonds is 4. The summed E-state index contributed by atoms with van der Waals surface area (Å²) < 4.78 is 0. The maximum absolute atomic E-state index is 11.4. The number of carboxylic acids is 1. The third-order valence-electron chi connectivity index (χ3n) is 2.01. The Morgan fingerprint density at radius 1 is 1.31 bits per heavy atom. The Morgan fingerprint density at radius 3 is 2.12 bits per heavy atom. The van der Waals surface area contributed by atoms with Crippen molar-refractivity contribution in [1.29, 1.82) is 0 Å². The van der Waals surface area contributed by atoms with Crippen molar-refractivity contribution in [3.63, 3.8) is 0 Å². The number of aliphatic carboxylic acids is 1. The first-order valence-corrected chi connectivity index (χ1v) is 5.31. The van der Waals surface area contributed by atoms with Crippen LogP contribution in [-0.2, 0) is 4.79 Å². The van der Waals surface area contributed by atoms with Crippen molar-refractivity contribution in [2.75, 3.05) is 14.1 Å². The first kappa shape index (κ1) is 14.7. The fourth-order valence-electron chi connectivity index (χ4n) is 1.43. The lowest BCUT2D eigenvalue weighted by Gasteiger charge is -2.27. The number of hydrogen-bond acceptors (Lipinski definition) is 2. The highest BCUT2D eigenvalue weighted by Crippen LogP contribution is 2.22. The summed E-state index contributed by atoms with van der Waals surface area (Å²) in [4.78, 5) is 23.5. The highest BCUT2D eigenvalue weighted by molar-refractivity contribution is 5.75. The van der Waals surface area contributed by atoms with Crippen LogP contribution in [0.25, 0.3) is 0 Å². The lowest BCUT2D eigenvalue weighted by atomic mass is 9.87. The summed E-state index contributed by atoms with van der Waals surface area (Å²) in [6.07, 6.45) is 0.593. The van der Waals surface area contributed by atoms with Crippen molar-refractivity contribution in [2.45, 2.75) is 39.7 Å². The summed E-state index contributed by atoms with van der Waals surface area (Å²) in [6.45, 7) is 6.05. The van der Waals surface area contributed by atoms with Gasteiger partial charge in [0.05, 0.1) is 6.42 Å². The van der Waals surface area contributed by atoms with E-state index in [0.29, 0.717) is 6.42 Å². The van der Waals surface area contributed by atoms with E-state index in [1.54, 1.807) is 14.1 Å². The van der Waals surface area contributed by atoms with E-state index in [9.17, 15) is 9.59 Å². The normalized spacial score (nSPS) is 13.1. The minimum atomic E-state index is -0.895. The third kappa shape index (κ3) is 7.09. The van der Waals surface area contributed by atoms with Crippen LogP contribution >= 0.6 is 0 Å². The molecule has 0 heterocycles. The van der Waals surface area contributed by atoms with Gasteiger partial charge in [-0.2, -0.15) is 0 Å². The fraction of sp³-hybridized carbons (Fsp3) is 0.818. The second-order valence-electron chi connectivity index (χ2n) is 5.40. The molecule has 0 radical (unpaired) electrons. The van der Waals surface area contributed by atoms with Crippen LogP contribution < -0.4 is 5.32 Å². The fourth-order valence-corrected chi connectivity index (χ4v) is 1.43. The summed E-state index contributed by atoms with van der Waals surface area (Å²) in [5, 5.41) is 11.5. The molecule has 0 spiro atoms. The summed E-state index contributed by atoms with van der Waals surface area (Å²) in [7, 11) is 3.26. The molecule has 0 fully saturated rings. The van der Waals surface area contributed by atoms with Crippen LogP contribution in [0.15, 0.2) is 0 Å². The largest absolute Gasteiger partial charge is 0.481 e. The Bertz CT molecular complexity index is 256. The van der Waals surface area contributed by atoms with E-state index >= 15 is 0 Å². The first-order valence-electron chi connectivity index (χ1n) is 5.31. The predicted molar refractivity (Wildman–Crippen MR) is 62.3 cm³/mol. The highest BCUT2D eigenvalue weighted by atomic mass is 16.4. The zero-order valence-electron chi connectivity index (χ0n) is 10.7. The minimum absolute atomic E-state index is 0.0142. The van der Waals surface area contributed by atoms with Crippen LogP contribution in [0.4, 0.5) is 4.79 Å². The molecule has 0 saturated carbocycles. The Kier molecular flexibility index (Phi) is 5.27. The number of hydrogen-bond donors (Lipinski definition) is 2. The number of carbonyl (C=O) groups excluding carboxylic acids is 1. The standard InChI is InChI=1S/C11H22N2O3/c1-11(2,3)7-8(6-9(14)15)12-10(16)13(4)5/h8H,6-7H2,1-5H3,(H,12,16)(H,14,15). The smallest absolute Gasteiger partial charge is 0.317 e. The van der Waals surface area contributed by atoms with Crippen molar-refractivity contribution in [3.05, 3.63) is 0 Å². The SMILES string of the molecule is CN(C)C(=O)NC(CC(=O)O)CC(C)(C)C. The van der Waals surface area contributed by atoms with E-state index in [1.165, 1.54) is 4.90 Å². The van der Waals surface area contributed by atoms with Gasteiger partial charge in [-0.15, -0.1) is 0 Å². The molecule has 1 unspecified atom stereocenters. The molecule has 0 bridgehead atoms. The Hall–Kier alpha value is -1.26. The lowest BCUT2D eigenvalue weighted by molar-refractivity contribution is -0.137. The number of amides is 2. The van der Waals surface area contributed by atoms with E-state index in [4.69, 9.17) is 5.11 Å². The third-order valence-corrected chi connectivity index (χ3v) is 2.01. The van der Waals surface area contributed by atoms with Gasteiger partial charge in [-0.3, -0.25) is 4.79 Å². The second kappa shape index (κ2) is 5.72. The molecular formula is C11H22N2O3. The monoisotopic (exact) mass is 230 g/mol. The van der Waals surface area contributed by atoms with Crippen LogP contribution in [0.2, 0.25) is 0 Å². The molecule has 0 aromatic carbocycles. The summed E-state index contributed by atoms with van der Waals surface area (Å²) in [5.74, 6) is -0.895. The molecule has 2 amide bonds. The minimum Gasteiger partial charge on any atom is -0.481 e. The molecular weight excluding hydrogens is 208 g/mol. The van der Waals surface area contributed by atoms with E-state index in [-0.39, 0.29) is 23.9 Å². The molecule has 0 aromatic rings. The Morgan fingerprint density at radius 2 is 1.81 bits per heavy atom. The van der Waals surface area contributed by atoms with Crippen LogP contribution in [-0.4, -0.2) is 42.1 Å². The highest BCUT2D eigenvalue weighted by Gasteiger charge is 2.23. The molecule has 5 nitrogen and oxygen atoms in total. The number of nitrogens with zero attached hydrogens (tertiary/aromatic N) is 1. The van der Waals surface area contributed by atoms with Gasteiger partial charge in [-0.05, 0) is 11.8 Å². The molecule has 0 aliphatic rings. The molecule has 0 aromatic heterocycles. The van der Waals surface area contributed by atoms with Gasteiger partial charge in [0.1, 0.15) is 0 Å². The van der Waals surface area contributed by atoms with E-state index in [1.807, 2.05) is 20.8 Å². The van der Waals surface area contributed by atoms with E-state index < -0.39 is 5.97 Å². The molecule has 0 saturated heterocycles. The molecule has 5 heteroatoms. The van der Waals surface area contributed by atoms with Gasteiger partial charge < -0.3 is 15.3 Å². The van der Waals surface area contributed by atoms with Crippen LogP contribution in [0.1, 0.15) is 33.6 Å². The maximum atomic E-state index is 11.4. The molecule has 0 aliphatic carbocycles. The number of carbonyl (C=O) groups is 2. The van der Waals surface area contributed by atoms with Crippen molar-refractivity contribution in [2.24, 2.45) is 5.41 Å². The quantitative estimate of drug-likeness (QED) is 0.769. The summed E-state index contributed by atoms with van der Waals surface area (Å²) in [5.41, 5.74) is -0.0142. The van der Waals surface area contributed by atoms with Gasteiger partial charge >= 0.3 is 12.0 Å². The average Bonchev–Trinajstić information content (AvgIpc) is 1.98. The molecule has 0 aliphatic heterocycles. The zero-order valence-corrected chi connectivity index (χ0v) is 10.7. The predicted octanol–water partition coefficient (Wildman–Crippen LogP) is 1.54. The number of nitrogens with one attached hydrogen (secondary N) is 1. The summed E-state index contributed by atoms with van der Waals surface area (Å²) in [6, 6.07) is -0.581. The molecule has 1 atom stereocenters. The summed E-state index contributed by atoms with van der Waals surface area (Å²) >= 11 is 0. The maximum Gasteiger partial charge on any atom is 0.317 e. The van der Waals surface area contributed by atoms with Crippen LogP contribution in [0.5, 0.6) is 0 Å². The molecule has 2 N–H and O–H groups in total. The van der Waals surface area contributed by atoms with Crippen molar-refractivity contribution >= 4 is 12.0 Å². The number of carboxylic acid groups (broad SMARTS) is 1. The van der Waals surface area contributed by atoms with Gasteiger partial charge in [-0.1, -0.05) is 20.8 Å². The Balaban J connectivity index is 4.43. The van der Waals surface area contributed by atoms with Crippen molar-refractivity contribution < 1.29 is 14.7 Å². The van der Waals surface area contributed by atoms with E-state index in [2.05, 4.69) is 5.32 Å². The Labute approximate surface area is 96.8 Å². The van der Waals surface area contributed by atoms with Crippen molar-refractivity contribution in [1.82, 2.24) is 10.2 Å². The van der Waals surface area contributed by atoms with Gasteiger partial charge in [-0.25, -0.2) is 4.79 Å². The average molecular weight is 230 g/mol. The molecule has 0 rings (SSSR count). The second-order valence-corrected chi connectivity index (χ2v) is 5.40. The van der Waals surface area contributed by atoms with Gasteiger partial charge in [0.2, 0.25) is 0 Å².